The number of rotatable bonds is 3. The predicted molar refractivity (Wildman–Crippen MR) is 183 cm³/mol. The highest BCUT2D eigenvalue weighted by molar-refractivity contribution is 6.26. The zero-order valence-electron chi connectivity index (χ0n) is 23.4. The van der Waals surface area contributed by atoms with Gasteiger partial charge in [0.05, 0.1) is 0 Å². The second-order valence-corrected chi connectivity index (χ2v) is 11.2. The van der Waals surface area contributed by atoms with Gasteiger partial charge in [0.1, 0.15) is 11.2 Å². The fraction of sp³-hybridized carbons (Fsp3) is 0. The molecule has 0 aliphatic carbocycles. The summed E-state index contributed by atoms with van der Waals surface area (Å²) < 4.78 is 6.60. The average molecular weight is 547 g/mol. The van der Waals surface area contributed by atoms with E-state index in [0.29, 0.717) is 0 Å². The van der Waals surface area contributed by atoms with Crippen molar-refractivity contribution in [3.8, 4) is 33.4 Å². The minimum atomic E-state index is 0.914. The summed E-state index contributed by atoms with van der Waals surface area (Å²) in [5.41, 5.74) is 9.10. The maximum Gasteiger partial charge on any atom is 0.143 e. The van der Waals surface area contributed by atoms with Crippen molar-refractivity contribution >= 4 is 54.3 Å². The highest BCUT2D eigenvalue weighted by Gasteiger charge is 2.21. The molecular formula is C42H26O. The lowest BCUT2D eigenvalue weighted by Crippen LogP contribution is -1.92. The van der Waals surface area contributed by atoms with Crippen molar-refractivity contribution in [3.63, 3.8) is 0 Å². The van der Waals surface area contributed by atoms with E-state index in [-0.39, 0.29) is 0 Å². The van der Waals surface area contributed by atoms with E-state index < -0.39 is 0 Å². The van der Waals surface area contributed by atoms with E-state index in [0.717, 1.165) is 27.5 Å². The summed E-state index contributed by atoms with van der Waals surface area (Å²) in [7, 11) is 0. The molecule has 8 aromatic carbocycles. The normalized spacial score (nSPS) is 11.7. The molecule has 0 N–H and O–H groups in total. The maximum atomic E-state index is 6.60. The van der Waals surface area contributed by atoms with Crippen molar-refractivity contribution in [2.75, 3.05) is 0 Å². The van der Waals surface area contributed by atoms with Crippen molar-refractivity contribution < 1.29 is 4.42 Å². The van der Waals surface area contributed by atoms with Crippen LogP contribution in [-0.2, 0) is 0 Å². The number of furan rings is 1. The van der Waals surface area contributed by atoms with Gasteiger partial charge in [0.2, 0.25) is 0 Å². The Labute approximate surface area is 249 Å². The first-order chi connectivity index (χ1) is 21.3. The molecule has 0 atom stereocenters. The molecule has 1 heteroatoms. The summed E-state index contributed by atoms with van der Waals surface area (Å²) in [6.45, 7) is 0. The smallest absolute Gasteiger partial charge is 0.143 e. The first-order valence-electron chi connectivity index (χ1n) is 14.8. The predicted octanol–water partition coefficient (Wildman–Crippen LogP) is 12.0. The standard InChI is InChI=1S/C42H26O/c1-2-12-27(13-3-1)29-24-25-35-38(26-29)41(32-20-10-15-28-14-4-5-16-30(28)32)34-19-7-6-18-33(34)40(35)37-22-11-21-36-31-17-8-9-23-39(31)43-42(36)37/h1-26H. The number of fused-ring (bicyclic) bond motifs is 6. The maximum absolute atomic E-state index is 6.60. The third-order valence-corrected chi connectivity index (χ3v) is 8.86. The Morgan fingerprint density at radius 2 is 0.907 bits per heavy atom. The molecule has 0 saturated heterocycles. The van der Waals surface area contributed by atoms with Gasteiger partial charge in [0.15, 0.2) is 0 Å². The van der Waals surface area contributed by atoms with Crippen molar-refractivity contribution in [1.29, 1.82) is 0 Å². The second-order valence-electron chi connectivity index (χ2n) is 11.2. The molecule has 0 fully saturated rings. The fourth-order valence-electron chi connectivity index (χ4n) is 6.96. The Hall–Kier alpha value is -5.66. The third-order valence-electron chi connectivity index (χ3n) is 8.86. The molecule has 0 spiro atoms. The molecule has 0 amide bonds. The van der Waals surface area contributed by atoms with E-state index in [1.807, 2.05) is 6.07 Å². The first-order valence-corrected chi connectivity index (χ1v) is 14.8. The second kappa shape index (κ2) is 9.44. The SMILES string of the molecule is c1ccc(-c2ccc3c(-c4cccc5c4oc4ccccc45)c4ccccc4c(-c4cccc5ccccc45)c3c2)cc1. The van der Waals surface area contributed by atoms with E-state index in [1.54, 1.807) is 0 Å². The topological polar surface area (TPSA) is 13.1 Å². The van der Waals surface area contributed by atoms with Gasteiger partial charge in [-0.25, -0.2) is 0 Å². The van der Waals surface area contributed by atoms with Gasteiger partial charge in [-0.2, -0.15) is 0 Å². The van der Waals surface area contributed by atoms with Crippen molar-refractivity contribution in [2.45, 2.75) is 0 Å². The molecule has 0 unspecified atom stereocenters. The zero-order chi connectivity index (χ0) is 28.3. The Bertz CT molecular complexity index is 2490. The molecule has 1 nitrogen and oxygen atoms in total. The van der Waals surface area contributed by atoms with Gasteiger partial charge in [-0.1, -0.05) is 146 Å². The van der Waals surface area contributed by atoms with Gasteiger partial charge in [0.25, 0.3) is 0 Å². The molecule has 0 bridgehead atoms. The molecule has 1 heterocycles. The lowest BCUT2D eigenvalue weighted by Gasteiger charge is -2.20. The average Bonchev–Trinajstić information content (AvgIpc) is 3.46. The fourth-order valence-corrected chi connectivity index (χ4v) is 6.96. The van der Waals surface area contributed by atoms with Gasteiger partial charge in [-0.3, -0.25) is 0 Å². The Kier molecular flexibility index (Phi) is 5.27. The summed E-state index contributed by atoms with van der Waals surface area (Å²) in [6.07, 6.45) is 0. The van der Waals surface area contributed by atoms with Crippen LogP contribution in [0.15, 0.2) is 162 Å². The van der Waals surface area contributed by atoms with Crippen molar-refractivity contribution in [2.24, 2.45) is 0 Å². The molecule has 1 aromatic heterocycles. The van der Waals surface area contributed by atoms with Gasteiger partial charge >= 0.3 is 0 Å². The first kappa shape index (κ1) is 24.0. The van der Waals surface area contributed by atoms with Crippen LogP contribution in [0.2, 0.25) is 0 Å². The van der Waals surface area contributed by atoms with E-state index >= 15 is 0 Å². The summed E-state index contributed by atoms with van der Waals surface area (Å²) in [5.74, 6) is 0. The van der Waals surface area contributed by atoms with Gasteiger partial charge < -0.3 is 4.42 Å². The van der Waals surface area contributed by atoms with Crippen LogP contribution in [0.1, 0.15) is 0 Å². The molecule has 43 heavy (non-hydrogen) atoms. The summed E-state index contributed by atoms with van der Waals surface area (Å²) in [5, 5.41) is 9.70. The molecule has 0 aliphatic heterocycles. The lowest BCUT2D eigenvalue weighted by atomic mass is 9.83. The van der Waals surface area contributed by atoms with Crippen LogP contribution >= 0.6 is 0 Å². The summed E-state index contributed by atoms with van der Waals surface area (Å²) in [6, 6.07) is 56.8. The van der Waals surface area contributed by atoms with Crippen LogP contribution in [-0.4, -0.2) is 0 Å². The van der Waals surface area contributed by atoms with E-state index in [1.165, 1.54) is 60.1 Å². The highest BCUT2D eigenvalue weighted by atomic mass is 16.3. The number of hydrogen-bond acceptors (Lipinski definition) is 1. The molecule has 0 aliphatic rings. The van der Waals surface area contributed by atoms with E-state index in [2.05, 4.69) is 152 Å². The van der Waals surface area contributed by atoms with Gasteiger partial charge in [-0.05, 0) is 66.7 Å². The molecule has 9 aromatic rings. The quantitative estimate of drug-likeness (QED) is 0.201. The van der Waals surface area contributed by atoms with Crippen LogP contribution in [0.5, 0.6) is 0 Å². The lowest BCUT2D eigenvalue weighted by molar-refractivity contribution is 0.670. The van der Waals surface area contributed by atoms with Gasteiger partial charge in [0, 0.05) is 21.9 Å². The summed E-state index contributed by atoms with van der Waals surface area (Å²) >= 11 is 0. The van der Waals surface area contributed by atoms with Crippen LogP contribution in [0, 0.1) is 0 Å². The molecular weight excluding hydrogens is 520 g/mol. The van der Waals surface area contributed by atoms with E-state index in [9.17, 15) is 0 Å². The molecule has 9 rings (SSSR count). The van der Waals surface area contributed by atoms with Crippen LogP contribution in [0.4, 0.5) is 0 Å². The molecule has 0 radical (unpaired) electrons. The molecule has 200 valence electrons. The van der Waals surface area contributed by atoms with Crippen LogP contribution in [0.25, 0.3) is 87.6 Å². The zero-order valence-corrected chi connectivity index (χ0v) is 23.4. The number of hydrogen-bond donors (Lipinski definition) is 0. The minimum Gasteiger partial charge on any atom is -0.455 e. The summed E-state index contributed by atoms with van der Waals surface area (Å²) in [4.78, 5) is 0. The van der Waals surface area contributed by atoms with E-state index in [4.69, 9.17) is 4.42 Å². The van der Waals surface area contributed by atoms with Gasteiger partial charge in [-0.15, -0.1) is 0 Å². The number of benzene rings is 8. The Morgan fingerprint density at radius 3 is 1.74 bits per heavy atom. The minimum absolute atomic E-state index is 0.914. The van der Waals surface area contributed by atoms with Crippen LogP contribution < -0.4 is 0 Å². The van der Waals surface area contributed by atoms with Crippen molar-refractivity contribution in [1.82, 2.24) is 0 Å². The van der Waals surface area contributed by atoms with Crippen LogP contribution in [0.3, 0.4) is 0 Å². The Morgan fingerprint density at radius 1 is 0.326 bits per heavy atom. The Balaban J connectivity index is 1.48. The molecule has 0 saturated carbocycles. The highest BCUT2D eigenvalue weighted by Crippen LogP contribution is 2.48. The monoisotopic (exact) mass is 546 g/mol. The van der Waals surface area contributed by atoms with Crippen molar-refractivity contribution in [3.05, 3.63) is 158 Å². The third kappa shape index (κ3) is 3.65. The largest absolute Gasteiger partial charge is 0.455 e. The number of para-hydroxylation sites is 2.